The Balaban J connectivity index is 2.18. The van der Waals surface area contributed by atoms with Crippen molar-refractivity contribution in [2.45, 2.75) is 20.3 Å². The van der Waals surface area contributed by atoms with Gasteiger partial charge in [-0.25, -0.2) is 4.98 Å². The van der Waals surface area contributed by atoms with E-state index in [1.54, 1.807) is 0 Å². The molecular formula is C15H17N3OS. The second kappa shape index (κ2) is 5.17. The highest BCUT2D eigenvalue weighted by Crippen LogP contribution is 2.38. The van der Waals surface area contributed by atoms with E-state index in [0.717, 1.165) is 39.2 Å². The summed E-state index contributed by atoms with van der Waals surface area (Å²) in [4.78, 5) is 8.85. The zero-order valence-electron chi connectivity index (χ0n) is 11.6. The first kappa shape index (κ1) is 13.0. The zero-order valence-corrected chi connectivity index (χ0v) is 12.4. The molecule has 1 aromatic carbocycles. The molecule has 0 fully saturated rings. The number of hydrogen-bond donors (Lipinski definition) is 2. The van der Waals surface area contributed by atoms with Crippen LogP contribution in [0.2, 0.25) is 0 Å². The van der Waals surface area contributed by atoms with Gasteiger partial charge in [-0.3, -0.25) is 0 Å². The van der Waals surface area contributed by atoms with Crippen LogP contribution in [0.4, 0.5) is 5.13 Å². The molecule has 0 atom stereocenters. The van der Waals surface area contributed by atoms with Crippen LogP contribution in [0, 0.1) is 6.92 Å². The van der Waals surface area contributed by atoms with Crippen molar-refractivity contribution >= 4 is 27.4 Å². The Morgan fingerprint density at radius 1 is 1.40 bits per heavy atom. The smallest absolute Gasteiger partial charge is 0.180 e. The molecule has 0 aliphatic carbocycles. The average molecular weight is 287 g/mol. The molecule has 20 heavy (non-hydrogen) atoms. The number of H-pyrrole nitrogens is 1. The van der Waals surface area contributed by atoms with Crippen LogP contribution in [0.25, 0.3) is 22.2 Å². The number of nitrogens with zero attached hydrogens (tertiary/aromatic N) is 1. The van der Waals surface area contributed by atoms with Gasteiger partial charge >= 0.3 is 0 Å². The number of benzene rings is 1. The fourth-order valence-electron chi connectivity index (χ4n) is 2.34. The second-order valence-corrected chi connectivity index (χ2v) is 5.92. The number of nitrogens with one attached hydrogen (secondary N) is 1. The van der Waals surface area contributed by atoms with E-state index in [4.69, 9.17) is 10.5 Å². The molecule has 104 valence electrons. The van der Waals surface area contributed by atoms with Gasteiger partial charge in [0.05, 0.1) is 17.7 Å². The summed E-state index contributed by atoms with van der Waals surface area (Å²) in [5.74, 6) is 0.895. The summed E-state index contributed by atoms with van der Waals surface area (Å²) < 4.78 is 5.86. The van der Waals surface area contributed by atoms with Crippen LogP contribution >= 0.6 is 11.3 Å². The van der Waals surface area contributed by atoms with Gasteiger partial charge in [0.15, 0.2) is 5.13 Å². The van der Waals surface area contributed by atoms with E-state index in [1.165, 1.54) is 11.3 Å². The molecule has 3 N–H and O–H groups in total. The molecule has 5 heteroatoms. The molecule has 0 aliphatic heterocycles. The standard InChI is InChI=1S/C15H17N3OS/c1-3-7-19-12-6-4-5-11-13(12)10(8-17-11)14-9(2)20-15(16)18-14/h4-6,8,17H,3,7H2,1-2H3,(H2,16,18). The third-order valence-electron chi connectivity index (χ3n) is 3.20. The van der Waals surface area contributed by atoms with Gasteiger partial charge in [0.25, 0.3) is 0 Å². The lowest BCUT2D eigenvalue weighted by molar-refractivity contribution is 0.321. The van der Waals surface area contributed by atoms with E-state index >= 15 is 0 Å². The van der Waals surface area contributed by atoms with Gasteiger partial charge in [-0.05, 0) is 25.5 Å². The number of thiazole rings is 1. The molecule has 4 nitrogen and oxygen atoms in total. The number of aromatic amines is 1. The Labute approximate surface area is 121 Å². The first-order chi connectivity index (χ1) is 9.70. The number of fused-ring (bicyclic) bond motifs is 1. The number of nitrogen functional groups attached to an aromatic ring is 1. The first-order valence-corrected chi connectivity index (χ1v) is 7.48. The van der Waals surface area contributed by atoms with Gasteiger partial charge < -0.3 is 15.5 Å². The average Bonchev–Trinajstić information content (AvgIpc) is 2.99. The van der Waals surface area contributed by atoms with Crippen molar-refractivity contribution < 1.29 is 4.74 Å². The highest BCUT2D eigenvalue weighted by Gasteiger charge is 2.16. The Morgan fingerprint density at radius 2 is 2.25 bits per heavy atom. The fraction of sp³-hybridized carbons (Fsp3) is 0.267. The number of anilines is 1. The van der Waals surface area contributed by atoms with Crippen molar-refractivity contribution in [2.75, 3.05) is 12.3 Å². The Bertz CT molecular complexity index is 745. The Morgan fingerprint density at radius 3 is 2.95 bits per heavy atom. The lowest BCUT2D eigenvalue weighted by Crippen LogP contribution is -1.95. The fourth-order valence-corrected chi connectivity index (χ4v) is 3.04. The Hall–Kier alpha value is -2.01. The summed E-state index contributed by atoms with van der Waals surface area (Å²) in [6.45, 7) is 4.85. The third kappa shape index (κ3) is 2.14. The second-order valence-electron chi connectivity index (χ2n) is 4.69. The molecule has 0 unspecified atom stereocenters. The van der Waals surface area contributed by atoms with Crippen LogP contribution in [0.3, 0.4) is 0 Å². The summed E-state index contributed by atoms with van der Waals surface area (Å²) >= 11 is 1.51. The number of rotatable bonds is 4. The van der Waals surface area contributed by atoms with Gasteiger partial charge in [-0.15, -0.1) is 11.3 Å². The summed E-state index contributed by atoms with van der Waals surface area (Å²) in [6, 6.07) is 6.04. The summed E-state index contributed by atoms with van der Waals surface area (Å²) in [5.41, 5.74) is 8.86. The van der Waals surface area contributed by atoms with Crippen LogP contribution in [0.15, 0.2) is 24.4 Å². The van der Waals surface area contributed by atoms with Crippen LogP contribution in [0.1, 0.15) is 18.2 Å². The summed E-state index contributed by atoms with van der Waals surface area (Å²) in [5, 5.41) is 1.67. The van der Waals surface area contributed by atoms with Crippen LogP contribution in [0.5, 0.6) is 5.75 Å². The molecule has 0 aliphatic rings. The maximum absolute atomic E-state index is 5.86. The highest BCUT2D eigenvalue weighted by atomic mass is 32.1. The number of hydrogen-bond acceptors (Lipinski definition) is 4. The van der Waals surface area contributed by atoms with Crippen molar-refractivity contribution in [3.8, 4) is 17.0 Å². The highest BCUT2D eigenvalue weighted by molar-refractivity contribution is 7.15. The van der Waals surface area contributed by atoms with Crippen molar-refractivity contribution in [1.29, 1.82) is 0 Å². The molecule has 0 saturated heterocycles. The van der Waals surface area contributed by atoms with E-state index in [2.05, 4.69) is 16.9 Å². The van der Waals surface area contributed by atoms with Crippen LogP contribution in [-0.2, 0) is 0 Å². The zero-order chi connectivity index (χ0) is 14.1. The predicted octanol–water partition coefficient (Wildman–Crippen LogP) is 3.97. The molecule has 2 aromatic heterocycles. The van der Waals surface area contributed by atoms with Gasteiger partial charge in [0.2, 0.25) is 0 Å². The van der Waals surface area contributed by atoms with Gasteiger partial charge in [0.1, 0.15) is 5.75 Å². The number of aromatic nitrogens is 2. The predicted molar refractivity (Wildman–Crippen MR) is 84.3 cm³/mol. The van der Waals surface area contributed by atoms with Crippen LogP contribution < -0.4 is 10.5 Å². The van der Waals surface area contributed by atoms with Gasteiger partial charge in [-0.1, -0.05) is 13.0 Å². The topological polar surface area (TPSA) is 63.9 Å². The monoisotopic (exact) mass is 287 g/mol. The first-order valence-electron chi connectivity index (χ1n) is 6.67. The van der Waals surface area contributed by atoms with Gasteiger partial charge in [0, 0.05) is 22.2 Å². The third-order valence-corrected chi connectivity index (χ3v) is 4.00. The van der Waals surface area contributed by atoms with Crippen molar-refractivity contribution in [1.82, 2.24) is 9.97 Å². The molecule has 0 spiro atoms. The van der Waals surface area contributed by atoms with E-state index in [9.17, 15) is 0 Å². The molecule has 0 saturated carbocycles. The minimum Gasteiger partial charge on any atom is -0.493 e. The summed E-state index contributed by atoms with van der Waals surface area (Å²) in [6.07, 6.45) is 2.96. The molecule has 0 amide bonds. The minimum atomic E-state index is 0.596. The van der Waals surface area contributed by atoms with E-state index < -0.39 is 0 Å². The lowest BCUT2D eigenvalue weighted by Gasteiger charge is -2.07. The molecule has 3 rings (SSSR count). The quantitative estimate of drug-likeness (QED) is 0.763. The molecule has 0 radical (unpaired) electrons. The van der Waals surface area contributed by atoms with E-state index in [-0.39, 0.29) is 0 Å². The molecule has 2 heterocycles. The van der Waals surface area contributed by atoms with E-state index in [1.807, 2.05) is 31.3 Å². The van der Waals surface area contributed by atoms with Crippen molar-refractivity contribution in [3.05, 3.63) is 29.3 Å². The SMILES string of the molecule is CCCOc1cccc2[nH]cc(-c3nc(N)sc3C)c12. The van der Waals surface area contributed by atoms with Crippen molar-refractivity contribution in [3.63, 3.8) is 0 Å². The molecule has 3 aromatic rings. The molecule has 0 bridgehead atoms. The van der Waals surface area contributed by atoms with Crippen molar-refractivity contribution in [2.24, 2.45) is 0 Å². The number of nitrogens with two attached hydrogens (primary N) is 1. The molecular weight excluding hydrogens is 270 g/mol. The van der Waals surface area contributed by atoms with E-state index in [0.29, 0.717) is 11.7 Å². The van der Waals surface area contributed by atoms with Gasteiger partial charge in [-0.2, -0.15) is 0 Å². The maximum atomic E-state index is 5.86. The maximum Gasteiger partial charge on any atom is 0.180 e. The van der Waals surface area contributed by atoms with Crippen LogP contribution in [-0.4, -0.2) is 16.6 Å². The number of aryl methyl sites for hydroxylation is 1. The lowest BCUT2D eigenvalue weighted by atomic mass is 10.1. The normalized spacial score (nSPS) is 11.1. The minimum absolute atomic E-state index is 0.596. The number of ether oxygens (including phenoxy) is 1. The Kier molecular flexibility index (Phi) is 3.36. The largest absolute Gasteiger partial charge is 0.493 e. The summed E-state index contributed by atoms with van der Waals surface area (Å²) in [7, 11) is 0.